The predicted molar refractivity (Wildman–Crippen MR) is 122 cm³/mol. The van der Waals surface area contributed by atoms with Crippen molar-refractivity contribution in [3.05, 3.63) is 53.3 Å². The molecule has 0 saturated carbocycles. The molecule has 156 valence electrons. The fourth-order valence-corrected chi connectivity index (χ4v) is 4.51. The van der Waals surface area contributed by atoms with E-state index < -0.39 is 0 Å². The SMILES string of the molecule is CC[C@H]1C(=O)N(C)c2cnc(-c3cn[nH]c3-c3nccs3)nc2N1c1ccc(Cl)cc1. The van der Waals surface area contributed by atoms with E-state index in [1.54, 1.807) is 30.5 Å². The summed E-state index contributed by atoms with van der Waals surface area (Å²) >= 11 is 7.61. The molecule has 0 bridgehead atoms. The number of aromatic amines is 1. The number of hydrogen-bond acceptors (Lipinski definition) is 7. The van der Waals surface area contributed by atoms with Crippen LogP contribution in [0.25, 0.3) is 22.1 Å². The quantitative estimate of drug-likeness (QED) is 0.490. The zero-order valence-corrected chi connectivity index (χ0v) is 18.4. The molecule has 4 heterocycles. The first-order chi connectivity index (χ1) is 15.1. The molecule has 1 aliphatic rings. The molecule has 0 saturated heterocycles. The van der Waals surface area contributed by atoms with Crippen molar-refractivity contribution in [3.8, 4) is 22.1 Å². The second-order valence-electron chi connectivity index (χ2n) is 7.07. The number of aromatic nitrogens is 5. The van der Waals surface area contributed by atoms with E-state index in [1.165, 1.54) is 11.3 Å². The summed E-state index contributed by atoms with van der Waals surface area (Å²) in [6.45, 7) is 1.99. The topological polar surface area (TPSA) is 90.9 Å². The van der Waals surface area contributed by atoms with Gasteiger partial charge in [0.2, 0.25) is 5.91 Å². The minimum Gasteiger partial charge on any atom is -0.312 e. The van der Waals surface area contributed by atoms with E-state index >= 15 is 0 Å². The summed E-state index contributed by atoms with van der Waals surface area (Å²) in [5.74, 6) is 1.16. The summed E-state index contributed by atoms with van der Waals surface area (Å²) < 4.78 is 0. The molecule has 1 aliphatic heterocycles. The number of benzene rings is 1. The van der Waals surface area contributed by atoms with Crippen LogP contribution in [-0.4, -0.2) is 44.1 Å². The van der Waals surface area contributed by atoms with Gasteiger partial charge in [-0.1, -0.05) is 18.5 Å². The molecule has 0 radical (unpaired) electrons. The molecule has 3 aromatic heterocycles. The number of carbonyl (C=O) groups is 1. The Balaban J connectivity index is 1.68. The molecule has 0 spiro atoms. The van der Waals surface area contributed by atoms with Gasteiger partial charge >= 0.3 is 0 Å². The van der Waals surface area contributed by atoms with Crippen molar-refractivity contribution in [3.63, 3.8) is 0 Å². The van der Waals surface area contributed by atoms with Gasteiger partial charge in [0.15, 0.2) is 11.6 Å². The fourth-order valence-electron chi connectivity index (χ4n) is 3.74. The van der Waals surface area contributed by atoms with Gasteiger partial charge in [0, 0.05) is 29.3 Å². The number of halogens is 1. The smallest absolute Gasteiger partial charge is 0.250 e. The first-order valence-corrected chi connectivity index (χ1v) is 11.0. The molecular weight excluding hydrogens is 434 g/mol. The Hall–Kier alpha value is -3.30. The lowest BCUT2D eigenvalue weighted by Crippen LogP contribution is -2.50. The lowest BCUT2D eigenvalue weighted by Gasteiger charge is -2.40. The van der Waals surface area contributed by atoms with E-state index in [-0.39, 0.29) is 11.9 Å². The van der Waals surface area contributed by atoms with Crippen LogP contribution in [0.4, 0.5) is 17.2 Å². The summed E-state index contributed by atoms with van der Waals surface area (Å²) in [4.78, 5) is 30.5. The normalized spacial score (nSPS) is 16.0. The molecule has 1 N–H and O–H groups in total. The van der Waals surface area contributed by atoms with Crippen LogP contribution >= 0.6 is 22.9 Å². The summed E-state index contributed by atoms with van der Waals surface area (Å²) in [5.41, 5.74) is 3.00. The molecule has 4 aromatic rings. The van der Waals surface area contributed by atoms with Crippen molar-refractivity contribution in [2.45, 2.75) is 19.4 Å². The third-order valence-electron chi connectivity index (χ3n) is 5.28. The maximum atomic E-state index is 13.1. The van der Waals surface area contributed by atoms with E-state index in [0.717, 1.165) is 22.0 Å². The number of carbonyl (C=O) groups excluding carboxylic acids is 1. The number of nitrogens with one attached hydrogen (secondary N) is 1. The molecule has 5 rings (SSSR count). The average Bonchev–Trinajstić information content (AvgIpc) is 3.48. The highest BCUT2D eigenvalue weighted by molar-refractivity contribution is 7.13. The number of H-pyrrole nitrogens is 1. The number of hydrogen-bond donors (Lipinski definition) is 1. The molecule has 1 atom stereocenters. The van der Waals surface area contributed by atoms with Crippen molar-refractivity contribution in [2.24, 2.45) is 0 Å². The van der Waals surface area contributed by atoms with Gasteiger partial charge in [0.05, 0.1) is 18.0 Å². The first kappa shape index (κ1) is 19.7. The van der Waals surface area contributed by atoms with Gasteiger partial charge in [-0.2, -0.15) is 5.10 Å². The van der Waals surface area contributed by atoms with Crippen molar-refractivity contribution >= 4 is 46.0 Å². The molecular formula is C21H18ClN7OS. The van der Waals surface area contributed by atoms with Crippen molar-refractivity contribution < 1.29 is 4.79 Å². The Labute approximate surface area is 187 Å². The maximum absolute atomic E-state index is 13.1. The minimum atomic E-state index is -0.385. The van der Waals surface area contributed by atoms with Crippen molar-refractivity contribution in [1.82, 2.24) is 25.1 Å². The number of amides is 1. The maximum Gasteiger partial charge on any atom is 0.250 e. The van der Waals surface area contributed by atoms with Gasteiger partial charge in [0.1, 0.15) is 22.4 Å². The third kappa shape index (κ3) is 3.26. The number of likely N-dealkylation sites (N-methyl/N-ethyl adjacent to an activating group) is 1. The Morgan fingerprint density at radius 1 is 1.19 bits per heavy atom. The van der Waals surface area contributed by atoms with Crippen LogP contribution in [0, 0.1) is 0 Å². The Kier molecular flexibility index (Phi) is 4.91. The van der Waals surface area contributed by atoms with E-state index in [1.807, 2.05) is 41.5 Å². The van der Waals surface area contributed by atoms with Crippen LogP contribution in [-0.2, 0) is 4.79 Å². The van der Waals surface area contributed by atoms with Crippen LogP contribution in [0.5, 0.6) is 0 Å². The standard InChI is InChI=1S/C21H18ClN7OS/c1-3-15-21(30)28(2)16-11-24-18(14-10-25-27-17(14)20-23-8-9-31-20)26-19(16)29(15)13-6-4-12(22)5-7-13/h4-11,15H,3H2,1-2H3,(H,25,27)/t15-/m0/s1. The largest absolute Gasteiger partial charge is 0.312 e. The zero-order chi connectivity index (χ0) is 21.5. The predicted octanol–water partition coefficient (Wildman–Crippen LogP) is 4.54. The minimum absolute atomic E-state index is 0.00640. The highest BCUT2D eigenvalue weighted by atomic mass is 35.5. The van der Waals surface area contributed by atoms with E-state index in [2.05, 4.69) is 20.2 Å². The van der Waals surface area contributed by atoms with Crippen LogP contribution in [0.1, 0.15) is 13.3 Å². The summed E-state index contributed by atoms with van der Waals surface area (Å²) in [7, 11) is 1.75. The molecule has 10 heteroatoms. The second-order valence-corrected chi connectivity index (χ2v) is 8.40. The molecule has 1 amide bonds. The second kappa shape index (κ2) is 7.75. The molecule has 31 heavy (non-hydrogen) atoms. The van der Waals surface area contributed by atoms with Gasteiger partial charge < -0.3 is 9.80 Å². The van der Waals surface area contributed by atoms with E-state index in [4.69, 9.17) is 16.6 Å². The Morgan fingerprint density at radius 3 is 2.71 bits per heavy atom. The molecule has 8 nitrogen and oxygen atoms in total. The third-order valence-corrected chi connectivity index (χ3v) is 6.33. The number of thiazole rings is 1. The van der Waals surface area contributed by atoms with Gasteiger partial charge in [-0.25, -0.2) is 15.0 Å². The zero-order valence-electron chi connectivity index (χ0n) is 16.8. The lowest BCUT2D eigenvalue weighted by atomic mass is 10.1. The number of fused-ring (bicyclic) bond motifs is 1. The van der Waals surface area contributed by atoms with Gasteiger partial charge in [-0.05, 0) is 30.7 Å². The lowest BCUT2D eigenvalue weighted by molar-refractivity contribution is -0.119. The van der Waals surface area contributed by atoms with Crippen LogP contribution < -0.4 is 9.80 Å². The summed E-state index contributed by atoms with van der Waals surface area (Å²) in [6.07, 6.45) is 5.75. The highest BCUT2D eigenvalue weighted by Gasteiger charge is 2.38. The number of nitrogens with zero attached hydrogens (tertiary/aromatic N) is 6. The van der Waals surface area contributed by atoms with Crippen LogP contribution in [0.2, 0.25) is 5.02 Å². The van der Waals surface area contributed by atoms with Gasteiger partial charge in [0.25, 0.3) is 0 Å². The Bertz CT molecular complexity index is 1240. The van der Waals surface area contributed by atoms with Crippen molar-refractivity contribution in [2.75, 3.05) is 16.8 Å². The first-order valence-electron chi connectivity index (χ1n) is 9.71. The number of rotatable bonds is 4. The Morgan fingerprint density at radius 2 is 2.00 bits per heavy atom. The molecule has 0 fully saturated rings. The molecule has 0 unspecified atom stereocenters. The van der Waals surface area contributed by atoms with E-state index in [9.17, 15) is 4.79 Å². The van der Waals surface area contributed by atoms with Gasteiger partial charge in [-0.3, -0.25) is 9.89 Å². The van der Waals surface area contributed by atoms with Crippen LogP contribution in [0.3, 0.4) is 0 Å². The average molecular weight is 452 g/mol. The summed E-state index contributed by atoms with van der Waals surface area (Å²) in [6, 6.07) is 7.03. The monoisotopic (exact) mass is 451 g/mol. The van der Waals surface area contributed by atoms with Crippen molar-refractivity contribution in [1.29, 1.82) is 0 Å². The summed E-state index contributed by atoms with van der Waals surface area (Å²) in [5, 5.41) is 10.5. The fraction of sp³-hybridized carbons (Fsp3) is 0.190. The van der Waals surface area contributed by atoms with Crippen LogP contribution in [0.15, 0.2) is 48.2 Å². The molecule has 0 aliphatic carbocycles. The van der Waals surface area contributed by atoms with E-state index in [0.29, 0.717) is 28.8 Å². The highest BCUT2D eigenvalue weighted by Crippen LogP contribution is 2.41. The number of anilines is 3. The van der Waals surface area contributed by atoms with Gasteiger partial charge in [-0.15, -0.1) is 11.3 Å². The molecule has 1 aromatic carbocycles.